The summed E-state index contributed by atoms with van der Waals surface area (Å²) in [7, 11) is 0. The van der Waals surface area contributed by atoms with Gasteiger partial charge in [0.1, 0.15) is 4.83 Å². The maximum atomic E-state index is 4.53. The second-order valence-electron chi connectivity index (χ2n) is 3.81. The van der Waals surface area contributed by atoms with E-state index >= 15 is 0 Å². The molecule has 0 fully saturated rings. The summed E-state index contributed by atoms with van der Waals surface area (Å²) in [5, 5.41) is 1.12. The molecule has 0 saturated heterocycles. The highest BCUT2D eigenvalue weighted by Crippen LogP contribution is 2.38. The number of aryl methyl sites for hydroxylation is 2. The van der Waals surface area contributed by atoms with Crippen LogP contribution in [0.4, 0.5) is 0 Å². The van der Waals surface area contributed by atoms with Gasteiger partial charge in [-0.25, -0.2) is 4.98 Å². The van der Waals surface area contributed by atoms with Crippen molar-refractivity contribution >= 4 is 37.8 Å². The third-order valence-electron chi connectivity index (χ3n) is 2.45. The van der Waals surface area contributed by atoms with Crippen molar-refractivity contribution in [2.45, 2.75) is 20.8 Å². The molecule has 0 spiro atoms. The number of hydrogen-bond donors (Lipinski definition) is 0. The van der Waals surface area contributed by atoms with E-state index in [1.165, 1.54) is 15.1 Å². The van der Waals surface area contributed by atoms with E-state index in [0.717, 1.165) is 15.4 Å². The minimum Gasteiger partial charge on any atom is -0.231 e. The average molecular weight is 261 g/mol. The Balaban J connectivity index is 2.46. The molecule has 2 aromatic heterocycles. The first-order valence-corrected chi connectivity index (χ1v) is 7.12. The fourth-order valence-electron chi connectivity index (χ4n) is 1.73. The van der Waals surface area contributed by atoms with Crippen LogP contribution in [0.1, 0.15) is 22.4 Å². The number of thiophene rings is 1. The lowest BCUT2D eigenvalue weighted by molar-refractivity contribution is 1.36. The quantitative estimate of drug-likeness (QED) is 0.699. The zero-order chi connectivity index (χ0) is 12.4. The van der Waals surface area contributed by atoms with Crippen LogP contribution < -0.4 is 0 Å². The third kappa shape index (κ3) is 2.40. The summed E-state index contributed by atoms with van der Waals surface area (Å²) < 4.78 is 1.28. The largest absolute Gasteiger partial charge is 0.231 e. The van der Waals surface area contributed by atoms with Crippen LogP contribution in [-0.4, -0.2) is 4.98 Å². The molecule has 0 amide bonds. The third-order valence-corrected chi connectivity index (χ3v) is 4.57. The summed E-state index contributed by atoms with van der Waals surface area (Å²) >= 11 is 3.51. The molecule has 3 heteroatoms. The Morgan fingerprint density at radius 1 is 1.24 bits per heavy atom. The smallest absolute Gasteiger partial charge is 0.135 e. The predicted molar refractivity (Wildman–Crippen MR) is 80.0 cm³/mol. The summed E-state index contributed by atoms with van der Waals surface area (Å²) in [4.78, 5) is 6.97. The first-order chi connectivity index (χ1) is 8.13. The minimum atomic E-state index is 1.07. The van der Waals surface area contributed by atoms with Gasteiger partial charge in [-0.3, -0.25) is 0 Å². The van der Waals surface area contributed by atoms with Gasteiger partial charge in [-0.2, -0.15) is 0 Å². The highest BCUT2D eigenvalue weighted by molar-refractivity contribution is 7.27. The number of thiazole rings is 1. The van der Waals surface area contributed by atoms with Crippen molar-refractivity contribution in [1.82, 2.24) is 4.98 Å². The summed E-state index contributed by atoms with van der Waals surface area (Å²) in [6.07, 6.45) is 8.11. The van der Waals surface area contributed by atoms with Gasteiger partial charge in [-0.15, -0.1) is 22.7 Å². The lowest BCUT2D eigenvalue weighted by Gasteiger charge is -1.98. The number of allylic oxidation sites excluding steroid dienone is 5. The molecule has 0 bridgehead atoms. The first kappa shape index (κ1) is 12.3. The molecule has 0 aromatic carbocycles. The molecular formula is C14H15NS2. The van der Waals surface area contributed by atoms with Crippen molar-refractivity contribution in [1.29, 1.82) is 0 Å². The molecule has 0 aliphatic heterocycles. The van der Waals surface area contributed by atoms with Crippen LogP contribution in [0.5, 0.6) is 0 Å². The lowest BCUT2D eigenvalue weighted by atomic mass is 10.1. The molecule has 0 atom stereocenters. The molecule has 0 aliphatic carbocycles. The fraction of sp³-hybridized carbons (Fsp3) is 0.214. The van der Waals surface area contributed by atoms with Crippen molar-refractivity contribution in [2.75, 3.05) is 0 Å². The Bertz CT molecular complexity index is 611. The first-order valence-electron chi connectivity index (χ1n) is 5.48. The predicted octanol–water partition coefficient (Wildman–Crippen LogP) is 5.12. The zero-order valence-corrected chi connectivity index (χ0v) is 11.9. The number of fused-ring (bicyclic) bond motifs is 1. The zero-order valence-electron chi connectivity index (χ0n) is 10.3. The monoisotopic (exact) mass is 261 g/mol. The van der Waals surface area contributed by atoms with E-state index in [1.807, 2.05) is 25.2 Å². The molecule has 0 saturated carbocycles. The van der Waals surface area contributed by atoms with Crippen LogP contribution in [-0.2, 0) is 0 Å². The fourth-order valence-corrected chi connectivity index (χ4v) is 4.06. The minimum absolute atomic E-state index is 1.07. The van der Waals surface area contributed by atoms with Crippen molar-refractivity contribution in [2.24, 2.45) is 0 Å². The van der Waals surface area contributed by atoms with E-state index in [-0.39, 0.29) is 0 Å². The van der Waals surface area contributed by atoms with E-state index in [0.29, 0.717) is 0 Å². The number of hydrogen-bond acceptors (Lipinski definition) is 3. The van der Waals surface area contributed by atoms with Gasteiger partial charge >= 0.3 is 0 Å². The molecule has 2 rings (SSSR count). The van der Waals surface area contributed by atoms with Gasteiger partial charge in [0.15, 0.2) is 0 Å². The Morgan fingerprint density at radius 2 is 2.00 bits per heavy atom. The Kier molecular flexibility index (Phi) is 3.60. The molecule has 1 nitrogen and oxygen atoms in total. The molecule has 0 unspecified atom stereocenters. The maximum Gasteiger partial charge on any atom is 0.135 e. The lowest BCUT2D eigenvalue weighted by Crippen LogP contribution is -1.77. The van der Waals surface area contributed by atoms with Crippen LogP contribution >= 0.6 is 22.7 Å². The number of aromatic nitrogens is 1. The molecule has 0 N–H and O–H groups in total. The van der Waals surface area contributed by atoms with Gasteiger partial charge in [0.2, 0.25) is 0 Å². The van der Waals surface area contributed by atoms with Gasteiger partial charge in [0.05, 0.1) is 9.71 Å². The van der Waals surface area contributed by atoms with Crippen LogP contribution in [0.25, 0.3) is 15.1 Å². The molecule has 0 radical (unpaired) electrons. The molecule has 0 aliphatic rings. The second-order valence-corrected chi connectivity index (χ2v) is 6.22. The molecule has 2 aromatic rings. The van der Waals surface area contributed by atoms with Crippen molar-refractivity contribution < 1.29 is 0 Å². The van der Waals surface area contributed by atoms with E-state index in [1.54, 1.807) is 22.7 Å². The maximum absolute atomic E-state index is 4.53. The van der Waals surface area contributed by atoms with Crippen molar-refractivity contribution in [3.05, 3.63) is 46.3 Å². The highest BCUT2D eigenvalue weighted by atomic mass is 32.1. The number of nitrogens with zero attached hydrogens (tertiary/aromatic N) is 1. The van der Waals surface area contributed by atoms with E-state index in [4.69, 9.17) is 0 Å². The van der Waals surface area contributed by atoms with Gasteiger partial charge in [0.25, 0.3) is 0 Å². The summed E-state index contributed by atoms with van der Waals surface area (Å²) in [6, 6.07) is 0. The Labute approximate surface area is 110 Å². The van der Waals surface area contributed by atoms with Gasteiger partial charge in [-0.05, 0) is 26.3 Å². The van der Waals surface area contributed by atoms with Crippen molar-refractivity contribution in [3.63, 3.8) is 0 Å². The Morgan fingerprint density at radius 3 is 2.71 bits per heavy atom. The topological polar surface area (TPSA) is 12.9 Å². The van der Waals surface area contributed by atoms with E-state index in [2.05, 4.69) is 31.5 Å². The van der Waals surface area contributed by atoms with E-state index in [9.17, 15) is 0 Å². The second kappa shape index (κ2) is 4.98. The van der Waals surface area contributed by atoms with Gasteiger partial charge < -0.3 is 0 Å². The SMILES string of the molecule is C=C(/C=C\C=C/C)c1c(C)sc2nc(C)sc12. The highest BCUT2D eigenvalue weighted by Gasteiger charge is 2.13. The number of rotatable bonds is 3. The van der Waals surface area contributed by atoms with Crippen molar-refractivity contribution in [3.8, 4) is 0 Å². The molecule has 2 heterocycles. The standard InChI is InChI=1S/C14H15NS2/c1-5-6-7-8-9(2)12-10(3)16-14-13(12)17-11(4)15-14/h5-8H,2H2,1,3-4H3/b6-5-,8-7-. The Hall–Kier alpha value is -1.19. The van der Waals surface area contributed by atoms with Crippen LogP contribution in [0.3, 0.4) is 0 Å². The van der Waals surface area contributed by atoms with Gasteiger partial charge in [0, 0.05) is 10.4 Å². The van der Waals surface area contributed by atoms with Crippen LogP contribution in [0.15, 0.2) is 30.9 Å². The van der Waals surface area contributed by atoms with Crippen LogP contribution in [0.2, 0.25) is 0 Å². The average Bonchev–Trinajstić information content (AvgIpc) is 2.72. The molecular weight excluding hydrogens is 246 g/mol. The summed E-state index contributed by atoms with van der Waals surface area (Å²) in [5.41, 5.74) is 2.33. The summed E-state index contributed by atoms with van der Waals surface area (Å²) in [6.45, 7) is 10.3. The molecule has 88 valence electrons. The normalized spacial score (nSPS) is 12.2. The van der Waals surface area contributed by atoms with Gasteiger partial charge in [-0.1, -0.05) is 30.9 Å². The molecule has 17 heavy (non-hydrogen) atoms. The van der Waals surface area contributed by atoms with Crippen LogP contribution in [0, 0.1) is 13.8 Å². The summed E-state index contributed by atoms with van der Waals surface area (Å²) in [5.74, 6) is 0. The van der Waals surface area contributed by atoms with E-state index < -0.39 is 0 Å².